The van der Waals surface area contributed by atoms with E-state index in [1.54, 1.807) is 0 Å². The van der Waals surface area contributed by atoms with Crippen LogP contribution in [0.4, 0.5) is 0 Å². The Hall–Kier alpha value is -1.88. The second-order valence-electron chi connectivity index (χ2n) is 21.1. The van der Waals surface area contributed by atoms with Crippen molar-refractivity contribution >= 4 is 11.9 Å². The van der Waals surface area contributed by atoms with Crippen molar-refractivity contribution in [3.63, 3.8) is 0 Å². The van der Waals surface area contributed by atoms with E-state index in [4.69, 9.17) is 9.47 Å². The summed E-state index contributed by atoms with van der Waals surface area (Å²) in [4.78, 5) is 24.6. The molecule has 0 bridgehead atoms. The van der Waals surface area contributed by atoms with E-state index in [0.29, 0.717) is 12.8 Å². The molecule has 0 radical (unpaired) electrons. The molecular weight excluding hydrogens is 849 g/mol. The van der Waals surface area contributed by atoms with Gasteiger partial charge in [-0.25, -0.2) is 0 Å². The van der Waals surface area contributed by atoms with Gasteiger partial charge in [-0.15, -0.1) is 0 Å². The first kappa shape index (κ1) is 67.1. The largest absolute Gasteiger partial charge is 0.462 e. The summed E-state index contributed by atoms with van der Waals surface area (Å²) < 4.78 is 10.7. The molecule has 69 heavy (non-hydrogen) atoms. The molecule has 0 rings (SSSR count). The predicted molar refractivity (Wildman–Crippen MR) is 302 cm³/mol. The van der Waals surface area contributed by atoms with E-state index in [2.05, 4.69) is 50.3 Å². The lowest BCUT2D eigenvalue weighted by Crippen LogP contribution is -2.28. The Morgan fingerprint density at radius 3 is 0.870 bits per heavy atom. The molecule has 1 N–H and O–H groups in total. The zero-order valence-corrected chi connectivity index (χ0v) is 46.6. The fraction of sp³-hybridized carbons (Fsp3) is 0.875. The van der Waals surface area contributed by atoms with Crippen LogP contribution in [0.5, 0.6) is 0 Å². The molecule has 0 heterocycles. The topological polar surface area (TPSA) is 72.8 Å². The van der Waals surface area contributed by atoms with Crippen LogP contribution in [0.15, 0.2) is 36.5 Å². The van der Waals surface area contributed by atoms with Gasteiger partial charge in [0.15, 0.2) is 6.10 Å². The third-order valence-electron chi connectivity index (χ3n) is 14.2. The number of hydrogen-bond donors (Lipinski definition) is 1. The van der Waals surface area contributed by atoms with Crippen molar-refractivity contribution in [3.8, 4) is 0 Å². The second kappa shape index (κ2) is 60.4. The molecular formula is C64H120O5. The molecule has 1 atom stereocenters. The van der Waals surface area contributed by atoms with Gasteiger partial charge in [-0.1, -0.05) is 314 Å². The summed E-state index contributed by atoms with van der Waals surface area (Å²) in [7, 11) is 0. The number of aliphatic hydroxyl groups is 1. The quantitative estimate of drug-likeness (QED) is 0.0373. The van der Waals surface area contributed by atoms with E-state index in [0.717, 1.165) is 44.9 Å². The minimum atomic E-state index is -0.769. The van der Waals surface area contributed by atoms with Gasteiger partial charge in [-0.2, -0.15) is 0 Å². The van der Waals surface area contributed by atoms with Crippen LogP contribution in [0.1, 0.15) is 341 Å². The van der Waals surface area contributed by atoms with Crippen molar-refractivity contribution in [2.75, 3.05) is 13.2 Å². The van der Waals surface area contributed by atoms with Crippen LogP contribution >= 0.6 is 0 Å². The maximum atomic E-state index is 12.3. The summed E-state index contributed by atoms with van der Waals surface area (Å²) in [6.45, 7) is 4.18. The van der Waals surface area contributed by atoms with Crippen LogP contribution < -0.4 is 0 Å². The van der Waals surface area contributed by atoms with Crippen molar-refractivity contribution in [1.29, 1.82) is 0 Å². The zero-order valence-electron chi connectivity index (χ0n) is 46.6. The Kier molecular flexibility index (Phi) is 58.8. The van der Waals surface area contributed by atoms with Gasteiger partial charge >= 0.3 is 11.9 Å². The summed E-state index contributed by atoms with van der Waals surface area (Å²) in [5.41, 5.74) is 0. The number of allylic oxidation sites excluding steroid dienone is 6. The van der Waals surface area contributed by atoms with Crippen molar-refractivity contribution in [1.82, 2.24) is 0 Å². The number of hydrogen-bond acceptors (Lipinski definition) is 5. The Morgan fingerprint density at radius 2 is 0.580 bits per heavy atom. The molecule has 0 amide bonds. The van der Waals surface area contributed by atoms with Crippen LogP contribution in [0, 0.1) is 0 Å². The number of carbonyl (C=O) groups excluding carboxylic acids is 2. The standard InChI is InChI=1S/C64H120O5/c1-3-5-7-9-11-13-15-17-19-21-23-25-27-29-30-31-32-33-34-35-37-39-41-43-45-47-49-51-53-55-57-59-64(67)69-62(60-65)61-68-63(66)58-56-54-52-50-48-46-44-42-40-38-36-28-26-24-22-20-18-16-14-12-10-8-6-4-2/h15,17,21,23,27,29,62,65H,3-14,16,18-20,22,24-26,28,30-61H2,1-2H3/b17-15-,23-21-,29-27-. The minimum absolute atomic E-state index is 0.0598. The SMILES string of the molecule is CCCCCCC/C=C\C/C=C\C/C=C\CCCCCCCCCCCCCCCCCCC(=O)OC(CO)COC(=O)CCCCCCCCCCCCCCCCCCCCCCCCCC. The maximum absolute atomic E-state index is 12.3. The van der Waals surface area contributed by atoms with Gasteiger partial charge in [0, 0.05) is 12.8 Å². The Balaban J connectivity index is 3.42. The van der Waals surface area contributed by atoms with Crippen LogP contribution in [-0.2, 0) is 19.1 Å². The molecule has 0 aliphatic carbocycles. The van der Waals surface area contributed by atoms with E-state index in [-0.39, 0.29) is 25.2 Å². The van der Waals surface area contributed by atoms with Crippen LogP contribution in [0.3, 0.4) is 0 Å². The molecule has 0 saturated carbocycles. The van der Waals surface area contributed by atoms with Crippen molar-refractivity contribution in [2.45, 2.75) is 347 Å². The van der Waals surface area contributed by atoms with Crippen molar-refractivity contribution < 1.29 is 24.2 Å². The average Bonchev–Trinajstić information content (AvgIpc) is 3.35. The fourth-order valence-electron chi connectivity index (χ4n) is 9.51. The molecule has 0 aliphatic rings. The Bertz CT molecular complexity index is 1100. The number of carbonyl (C=O) groups is 2. The summed E-state index contributed by atoms with van der Waals surface area (Å²) in [5.74, 6) is -0.570. The summed E-state index contributed by atoms with van der Waals surface area (Å²) in [6, 6.07) is 0. The predicted octanol–water partition coefficient (Wildman–Crippen LogP) is 21.0. The van der Waals surface area contributed by atoms with Gasteiger partial charge in [0.05, 0.1) is 6.61 Å². The molecule has 0 fully saturated rings. The lowest BCUT2D eigenvalue weighted by atomic mass is 10.0. The van der Waals surface area contributed by atoms with Crippen molar-refractivity contribution in [2.24, 2.45) is 0 Å². The van der Waals surface area contributed by atoms with Gasteiger partial charge in [0.1, 0.15) is 6.61 Å². The first-order chi connectivity index (χ1) is 34.1. The van der Waals surface area contributed by atoms with E-state index < -0.39 is 6.10 Å². The van der Waals surface area contributed by atoms with Gasteiger partial charge in [0.2, 0.25) is 0 Å². The van der Waals surface area contributed by atoms with E-state index >= 15 is 0 Å². The van der Waals surface area contributed by atoms with Crippen LogP contribution in [0.25, 0.3) is 0 Å². The minimum Gasteiger partial charge on any atom is -0.462 e. The van der Waals surface area contributed by atoms with Crippen LogP contribution in [-0.4, -0.2) is 36.4 Å². The van der Waals surface area contributed by atoms with E-state index in [1.807, 2.05) is 0 Å². The first-order valence-corrected chi connectivity index (χ1v) is 31.0. The number of rotatable bonds is 58. The smallest absolute Gasteiger partial charge is 0.306 e. The highest BCUT2D eigenvalue weighted by atomic mass is 16.6. The number of unbranched alkanes of at least 4 members (excludes halogenated alkanes) is 44. The average molecular weight is 970 g/mol. The maximum Gasteiger partial charge on any atom is 0.306 e. The third-order valence-corrected chi connectivity index (χ3v) is 14.2. The summed E-state index contributed by atoms with van der Waals surface area (Å²) >= 11 is 0. The Morgan fingerprint density at radius 1 is 0.333 bits per heavy atom. The molecule has 0 aromatic heterocycles. The number of esters is 2. The monoisotopic (exact) mass is 969 g/mol. The lowest BCUT2D eigenvalue weighted by Gasteiger charge is -2.15. The normalized spacial score (nSPS) is 12.3. The molecule has 0 aromatic rings. The molecule has 0 aromatic carbocycles. The lowest BCUT2D eigenvalue weighted by molar-refractivity contribution is -0.161. The highest BCUT2D eigenvalue weighted by molar-refractivity contribution is 5.70. The van der Waals surface area contributed by atoms with Gasteiger partial charge in [-0.05, 0) is 51.4 Å². The van der Waals surface area contributed by atoms with Gasteiger partial charge < -0.3 is 14.6 Å². The van der Waals surface area contributed by atoms with Gasteiger partial charge in [-0.3, -0.25) is 9.59 Å². The van der Waals surface area contributed by atoms with E-state index in [1.165, 1.54) is 270 Å². The Labute approximate surface area is 431 Å². The number of aliphatic hydroxyl groups excluding tert-OH is 1. The molecule has 1 unspecified atom stereocenters. The van der Waals surface area contributed by atoms with E-state index in [9.17, 15) is 14.7 Å². The molecule has 5 heteroatoms. The molecule has 0 saturated heterocycles. The zero-order chi connectivity index (χ0) is 49.9. The fourth-order valence-corrected chi connectivity index (χ4v) is 9.51. The third kappa shape index (κ3) is 58.6. The first-order valence-electron chi connectivity index (χ1n) is 31.0. The molecule has 406 valence electrons. The number of ether oxygens (including phenoxy) is 2. The van der Waals surface area contributed by atoms with Gasteiger partial charge in [0.25, 0.3) is 0 Å². The molecule has 0 spiro atoms. The van der Waals surface area contributed by atoms with Crippen LogP contribution in [0.2, 0.25) is 0 Å². The summed E-state index contributed by atoms with van der Waals surface area (Å²) in [5, 5.41) is 9.67. The molecule has 5 nitrogen and oxygen atoms in total. The highest BCUT2D eigenvalue weighted by Crippen LogP contribution is 2.18. The second-order valence-corrected chi connectivity index (χ2v) is 21.1. The highest BCUT2D eigenvalue weighted by Gasteiger charge is 2.16. The summed E-state index contributed by atoms with van der Waals surface area (Å²) in [6.07, 6.45) is 78.6. The van der Waals surface area contributed by atoms with Crippen molar-refractivity contribution in [3.05, 3.63) is 36.5 Å². The molecule has 0 aliphatic heterocycles.